The molecule has 0 saturated heterocycles. The first-order chi connectivity index (χ1) is 11.9. The average molecular weight is 348 g/mol. The molecule has 2 N–H and O–H groups in total. The van der Waals surface area contributed by atoms with E-state index in [4.69, 9.17) is 4.74 Å². The molecule has 140 valence electrons. The second-order valence-electron chi connectivity index (χ2n) is 9.22. The maximum absolute atomic E-state index is 12.1. The van der Waals surface area contributed by atoms with E-state index in [2.05, 4.69) is 13.0 Å². The lowest BCUT2D eigenvalue weighted by Crippen LogP contribution is -2.55. The van der Waals surface area contributed by atoms with Crippen molar-refractivity contribution in [2.75, 3.05) is 7.11 Å². The average Bonchev–Trinajstić information content (AvgIpc) is 2.92. The second-order valence-corrected chi connectivity index (χ2v) is 9.22. The van der Waals surface area contributed by atoms with Crippen LogP contribution in [-0.2, 0) is 9.53 Å². The predicted molar refractivity (Wildman–Crippen MR) is 94.7 cm³/mol. The molecule has 4 heteroatoms. The number of hydrogen-bond acceptors (Lipinski definition) is 4. The molecule has 4 nitrogen and oxygen atoms in total. The van der Waals surface area contributed by atoms with Crippen LogP contribution >= 0.6 is 0 Å². The quantitative estimate of drug-likeness (QED) is 0.594. The first-order valence-corrected chi connectivity index (χ1v) is 10.1. The number of esters is 1. The molecule has 0 aromatic heterocycles. The van der Waals surface area contributed by atoms with Gasteiger partial charge in [0.05, 0.1) is 25.7 Å². The molecule has 0 spiro atoms. The fourth-order valence-electron chi connectivity index (χ4n) is 7.15. The molecule has 0 aromatic rings. The van der Waals surface area contributed by atoms with E-state index in [0.717, 1.165) is 32.1 Å². The van der Waals surface area contributed by atoms with Crippen molar-refractivity contribution >= 4 is 5.97 Å². The van der Waals surface area contributed by atoms with E-state index in [1.807, 2.05) is 0 Å². The molecule has 4 aliphatic rings. The van der Waals surface area contributed by atoms with Gasteiger partial charge >= 0.3 is 5.97 Å². The number of methoxy groups -OCH3 is 1. The molecular weight excluding hydrogens is 316 g/mol. The molecular formula is C21H32O4. The summed E-state index contributed by atoms with van der Waals surface area (Å²) < 4.78 is 4.95. The summed E-state index contributed by atoms with van der Waals surface area (Å²) in [7, 11) is 1.43. The number of aliphatic hydroxyl groups is 2. The van der Waals surface area contributed by atoms with Gasteiger partial charge in [-0.3, -0.25) is 4.79 Å². The second kappa shape index (κ2) is 6.09. The summed E-state index contributed by atoms with van der Waals surface area (Å²) in [4.78, 5) is 12.1. The predicted octanol–water partition coefficient (Wildman–Crippen LogP) is 3.21. The summed E-state index contributed by atoms with van der Waals surface area (Å²) in [5, 5.41) is 21.8. The standard InChI is InChI=1S/C21H32O4/c1-20-9-4-3-5-13(20)11-16(22)19-14(20)8-10-21(12-18(24)25-2)15(19)6-7-17(21)23/h11,14-17,19,22-23H,3-10,12H2,1-2H3/t14-,15-,16?,17?,19+,20-,21+/m0/s1. The lowest BCUT2D eigenvalue weighted by molar-refractivity contribution is -0.155. The van der Waals surface area contributed by atoms with Gasteiger partial charge in [-0.1, -0.05) is 25.0 Å². The zero-order valence-corrected chi connectivity index (χ0v) is 15.5. The van der Waals surface area contributed by atoms with E-state index in [1.54, 1.807) is 0 Å². The van der Waals surface area contributed by atoms with E-state index in [-0.39, 0.29) is 23.2 Å². The highest BCUT2D eigenvalue weighted by atomic mass is 16.5. The van der Waals surface area contributed by atoms with E-state index in [1.165, 1.54) is 31.9 Å². The van der Waals surface area contributed by atoms with Gasteiger partial charge in [0, 0.05) is 5.41 Å². The molecule has 3 fully saturated rings. The Morgan fingerprint density at radius 3 is 2.76 bits per heavy atom. The van der Waals surface area contributed by atoms with Crippen LogP contribution in [0.2, 0.25) is 0 Å². The number of hydrogen-bond donors (Lipinski definition) is 2. The minimum Gasteiger partial charge on any atom is -0.469 e. The number of carbonyl (C=O) groups is 1. The molecule has 4 rings (SSSR count). The van der Waals surface area contributed by atoms with Gasteiger partial charge in [0.15, 0.2) is 0 Å². The molecule has 7 atom stereocenters. The molecule has 0 bridgehead atoms. The Labute approximate surface area is 150 Å². The Hall–Kier alpha value is -0.870. The summed E-state index contributed by atoms with van der Waals surface area (Å²) in [6, 6.07) is 0. The Morgan fingerprint density at radius 1 is 1.20 bits per heavy atom. The van der Waals surface area contributed by atoms with Crippen LogP contribution in [0.1, 0.15) is 64.7 Å². The summed E-state index contributed by atoms with van der Waals surface area (Å²) in [5.74, 6) is 0.632. The largest absolute Gasteiger partial charge is 0.469 e. The summed E-state index contributed by atoms with van der Waals surface area (Å²) >= 11 is 0. The van der Waals surface area contributed by atoms with Crippen molar-refractivity contribution in [3.05, 3.63) is 11.6 Å². The van der Waals surface area contributed by atoms with Crippen molar-refractivity contribution in [3.8, 4) is 0 Å². The van der Waals surface area contributed by atoms with Gasteiger partial charge in [-0.15, -0.1) is 0 Å². The number of carbonyl (C=O) groups excluding carboxylic acids is 1. The van der Waals surface area contributed by atoms with E-state index < -0.39 is 17.6 Å². The SMILES string of the molecule is COC(=O)C[C@]12CC[C@H]3[C@@H](C(O)C=C4CCCC[C@@]43C)[C@@H]1CCC2O. The highest BCUT2D eigenvalue weighted by Gasteiger charge is 2.62. The Morgan fingerprint density at radius 2 is 2.00 bits per heavy atom. The van der Waals surface area contributed by atoms with Gasteiger partial charge < -0.3 is 14.9 Å². The molecule has 2 unspecified atom stereocenters. The highest BCUT2D eigenvalue weighted by Crippen LogP contribution is 2.65. The molecule has 0 aliphatic heterocycles. The number of ether oxygens (including phenoxy) is 1. The lowest BCUT2D eigenvalue weighted by Gasteiger charge is -2.58. The molecule has 0 aromatic carbocycles. The van der Waals surface area contributed by atoms with Gasteiger partial charge in [-0.25, -0.2) is 0 Å². The van der Waals surface area contributed by atoms with Crippen LogP contribution < -0.4 is 0 Å². The van der Waals surface area contributed by atoms with Crippen molar-refractivity contribution < 1.29 is 19.7 Å². The Balaban J connectivity index is 1.71. The molecule has 0 radical (unpaired) electrons. The third kappa shape index (κ3) is 2.43. The van der Waals surface area contributed by atoms with E-state index >= 15 is 0 Å². The highest BCUT2D eigenvalue weighted by molar-refractivity contribution is 5.70. The van der Waals surface area contributed by atoms with Crippen molar-refractivity contribution in [2.45, 2.75) is 76.9 Å². The normalized spacial score (nSPS) is 48.8. The number of allylic oxidation sites excluding steroid dienone is 1. The summed E-state index contributed by atoms with van der Waals surface area (Å²) in [5.41, 5.74) is 1.27. The molecule has 4 aliphatic carbocycles. The van der Waals surface area contributed by atoms with E-state index in [0.29, 0.717) is 12.3 Å². The first kappa shape index (κ1) is 17.5. The van der Waals surface area contributed by atoms with Crippen LogP contribution in [0, 0.1) is 28.6 Å². The van der Waals surface area contributed by atoms with Crippen molar-refractivity contribution in [3.63, 3.8) is 0 Å². The topological polar surface area (TPSA) is 66.8 Å². The maximum atomic E-state index is 12.1. The molecule has 0 amide bonds. The maximum Gasteiger partial charge on any atom is 0.306 e. The van der Waals surface area contributed by atoms with Gasteiger partial charge in [0.1, 0.15) is 0 Å². The van der Waals surface area contributed by atoms with Crippen LogP contribution in [0.25, 0.3) is 0 Å². The van der Waals surface area contributed by atoms with Crippen LogP contribution in [-0.4, -0.2) is 35.5 Å². The zero-order chi connectivity index (χ0) is 17.8. The number of aliphatic hydroxyl groups excluding tert-OH is 2. The Bertz CT molecular complexity index is 584. The third-order valence-corrected chi connectivity index (χ3v) is 8.41. The van der Waals surface area contributed by atoms with Crippen LogP contribution in [0.4, 0.5) is 0 Å². The first-order valence-electron chi connectivity index (χ1n) is 10.1. The van der Waals surface area contributed by atoms with Gasteiger partial charge in [-0.2, -0.15) is 0 Å². The van der Waals surface area contributed by atoms with Crippen LogP contribution in [0.5, 0.6) is 0 Å². The Kier molecular flexibility index (Phi) is 4.27. The third-order valence-electron chi connectivity index (χ3n) is 8.41. The zero-order valence-electron chi connectivity index (χ0n) is 15.5. The lowest BCUT2D eigenvalue weighted by atomic mass is 9.46. The van der Waals surface area contributed by atoms with E-state index in [9.17, 15) is 15.0 Å². The van der Waals surface area contributed by atoms with Crippen molar-refractivity contribution in [1.82, 2.24) is 0 Å². The van der Waals surface area contributed by atoms with Gasteiger partial charge in [-0.05, 0) is 68.1 Å². The summed E-state index contributed by atoms with van der Waals surface area (Å²) in [6.45, 7) is 2.40. The number of fused-ring (bicyclic) bond motifs is 5. The smallest absolute Gasteiger partial charge is 0.306 e. The molecule has 3 saturated carbocycles. The minimum absolute atomic E-state index is 0.169. The minimum atomic E-state index is -0.450. The van der Waals surface area contributed by atoms with Gasteiger partial charge in [0.25, 0.3) is 0 Å². The molecule has 0 heterocycles. The monoisotopic (exact) mass is 348 g/mol. The number of rotatable bonds is 2. The van der Waals surface area contributed by atoms with Gasteiger partial charge in [0.2, 0.25) is 0 Å². The van der Waals surface area contributed by atoms with Crippen LogP contribution in [0.3, 0.4) is 0 Å². The summed E-state index contributed by atoms with van der Waals surface area (Å²) in [6.07, 6.45) is 9.92. The van der Waals surface area contributed by atoms with Crippen molar-refractivity contribution in [1.29, 1.82) is 0 Å². The fourth-order valence-corrected chi connectivity index (χ4v) is 7.15. The fraction of sp³-hybridized carbons (Fsp3) is 0.857. The molecule has 25 heavy (non-hydrogen) atoms. The van der Waals surface area contributed by atoms with Crippen molar-refractivity contribution in [2.24, 2.45) is 28.6 Å². The van der Waals surface area contributed by atoms with Crippen LogP contribution in [0.15, 0.2) is 11.6 Å².